The van der Waals surface area contributed by atoms with Crippen LogP contribution in [0.2, 0.25) is 0 Å². The average Bonchev–Trinajstić information content (AvgIpc) is 3.41. The van der Waals surface area contributed by atoms with Gasteiger partial charge in [-0.25, -0.2) is 0 Å². The zero-order valence-electron chi connectivity index (χ0n) is 15.5. The number of hydrogen-bond acceptors (Lipinski definition) is 8. The highest BCUT2D eigenvalue weighted by molar-refractivity contribution is 8.18. The van der Waals surface area contributed by atoms with Crippen LogP contribution in [-0.2, 0) is 9.59 Å². The number of fused-ring (bicyclic) bond motifs is 1. The van der Waals surface area contributed by atoms with Gasteiger partial charge >= 0.3 is 0 Å². The molecular weight excluding hydrogens is 454 g/mol. The Morgan fingerprint density at radius 1 is 0.806 bits per heavy atom. The van der Waals surface area contributed by atoms with Crippen LogP contribution in [0.5, 0.6) is 0 Å². The van der Waals surface area contributed by atoms with Crippen LogP contribution in [-0.4, -0.2) is 27.3 Å². The zero-order valence-corrected chi connectivity index (χ0v) is 18.0. The van der Waals surface area contributed by atoms with Crippen molar-refractivity contribution in [2.45, 2.75) is 0 Å². The summed E-state index contributed by atoms with van der Waals surface area (Å²) in [6.45, 7) is 0. The molecule has 0 aliphatic carbocycles. The number of hydrogen-bond donors (Lipinski definition) is 2. The van der Waals surface area contributed by atoms with Crippen LogP contribution in [0, 0.1) is 0 Å². The van der Waals surface area contributed by atoms with E-state index in [1.165, 1.54) is 11.3 Å². The summed E-state index contributed by atoms with van der Waals surface area (Å²) in [5.41, 5.74) is 2.54. The van der Waals surface area contributed by atoms with E-state index >= 15 is 0 Å². The van der Waals surface area contributed by atoms with Gasteiger partial charge in [-0.2, -0.15) is 0 Å². The number of thioether (sulfide) groups is 2. The summed E-state index contributed by atoms with van der Waals surface area (Å²) in [5.74, 6) is -0.783. The summed E-state index contributed by atoms with van der Waals surface area (Å²) in [7, 11) is 0. The predicted octanol–water partition coefficient (Wildman–Crippen LogP) is 4.61. The molecule has 0 unspecified atom stereocenters. The van der Waals surface area contributed by atoms with Gasteiger partial charge in [0.25, 0.3) is 22.3 Å². The number of amides is 4. The molecular formula is C21H11N3O4S3. The summed E-state index contributed by atoms with van der Waals surface area (Å²) >= 11 is 3.26. The fraction of sp³-hybridized carbons (Fsp3) is 0. The minimum Gasteiger partial charge on any atom is -0.282 e. The van der Waals surface area contributed by atoms with Crippen molar-refractivity contribution >= 4 is 80.2 Å². The molecule has 7 nitrogen and oxygen atoms in total. The van der Waals surface area contributed by atoms with Gasteiger partial charge in [-0.05, 0) is 71.6 Å². The van der Waals surface area contributed by atoms with Gasteiger partial charge in [0.2, 0.25) is 0 Å². The Morgan fingerprint density at radius 2 is 1.52 bits per heavy atom. The highest BCUT2D eigenvalue weighted by atomic mass is 32.2. The van der Waals surface area contributed by atoms with Gasteiger partial charge in [-0.1, -0.05) is 6.07 Å². The molecule has 2 N–H and O–H groups in total. The van der Waals surface area contributed by atoms with E-state index in [1.54, 1.807) is 18.3 Å². The van der Waals surface area contributed by atoms with Gasteiger partial charge in [-0.15, -0.1) is 11.3 Å². The molecule has 0 spiro atoms. The van der Waals surface area contributed by atoms with E-state index in [9.17, 15) is 19.2 Å². The normalized spacial score (nSPS) is 19.0. The van der Waals surface area contributed by atoms with Crippen molar-refractivity contribution in [2.24, 2.45) is 0 Å². The topological polar surface area (TPSA) is 105 Å². The first-order chi connectivity index (χ1) is 15.0. The van der Waals surface area contributed by atoms with Crippen molar-refractivity contribution in [3.63, 3.8) is 0 Å². The number of nitrogens with zero attached hydrogens (tertiary/aromatic N) is 1. The summed E-state index contributed by atoms with van der Waals surface area (Å²) in [6, 6.07) is 11.4. The fourth-order valence-electron chi connectivity index (χ4n) is 3.17. The van der Waals surface area contributed by atoms with Gasteiger partial charge in [0.1, 0.15) is 0 Å². The number of benzene rings is 1. The third kappa shape index (κ3) is 3.92. The van der Waals surface area contributed by atoms with Crippen molar-refractivity contribution < 1.29 is 19.2 Å². The number of carbonyl (C=O) groups excluding carboxylic acids is 4. The predicted molar refractivity (Wildman–Crippen MR) is 123 cm³/mol. The van der Waals surface area contributed by atoms with Crippen LogP contribution in [0.1, 0.15) is 10.4 Å². The Morgan fingerprint density at radius 3 is 2.19 bits per heavy atom. The second kappa shape index (κ2) is 7.80. The molecule has 0 radical (unpaired) electrons. The van der Waals surface area contributed by atoms with E-state index in [0.29, 0.717) is 9.81 Å². The van der Waals surface area contributed by atoms with E-state index in [-0.39, 0.29) is 16.4 Å². The van der Waals surface area contributed by atoms with Gasteiger partial charge in [0.05, 0.1) is 15.3 Å². The smallest absolute Gasteiger partial charge is 0.282 e. The summed E-state index contributed by atoms with van der Waals surface area (Å²) in [5, 5.41) is 4.65. The van der Waals surface area contributed by atoms with E-state index < -0.39 is 5.91 Å². The van der Waals surface area contributed by atoms with Crippen LogP contribution >= 0.6 is 34.9 Å². The van der Waals surface area contributed by atoms with Crippen molar-refractivity contribution in [1.82, 2.24) is 15.6 Å². The highest BCUT2D eigenvalue weighted by Gasteiger charge is 2.26. The Hall–Kier alpha value is -3.21. The maximum Gasteiger partial charge on any atom is 0.290 e. The zero-order chi connectivity index (χ0) is 21.5. The molecule has 2 fully saturated rings. The quantitative estimate of drug-likeness (QED) is 0.544. The first kappa shape index (κ1) is 19.7. The minimum absolute atomic E-state index is 0.349. The van der Waals surface area contributed by atoms with Gasteiger partial charge < -0.3 is 0 Å². The Labute approximate surface area is 188 Å². The van der Waals surface area contributed by atoms with Crippen LogP contribution in [0.25, 0.3) is 33.5 Å². The molecule has 0 atom stereocenters. The van der Waals surface area contributed by atoms with Crippen LogP contribution in [0.3, 0.4) is 0 Å². The van der Waals surface area contributed by atoms with Crippen LogP contribution < -0.4 is 10.6 Å². The molecule has 3 aromatic rings. The van der Waals surface area contributed by atoms with Crippen molar-refractivity contribution in [2.75, 3.05) is 0 Å². The summed E-state index contributed by atoms with van der Waals surface area (Å²) in [6.07, 6.45) is 5.11. The molecule has 4 heterocycles. The van der Waals surface area contributed by atoms with E-state index in [4.69, 9.17) is 0 Å². The van der Waals surface area contributed by atoms with E-state index in [0.717, 1.165) is 55.3 Å². The van der Waals surface area contributed by atoms with E-state index in [2.05, 4.69) is 15.6 Å². The van der Waals surface area contributed by atoms with Crippen molar-refractivity contribution in [3.8, 4) is 10.4 Å². The van der Waals surface area contributed by atoms with Gasteiger partial charge in [0.15, 0.2) is 0 Å². The van der Waals surface area contributed by atoms with Gasteiger partial charge in [0, 0.05) is 26.9 Å². The largest absolute Gasteiger partial charge is 0.290 e. The number of rotatable bonds is 3. The maximum absolute atomic E-state index is 11.8. The molecule has 4 amide bonds. The lowest BCUT2D eigenvalue weighted by molar-refractivity contribution is -0.116. The minimum atomic E-state index is -0.398. The van der Waals surface area contributed by atoms with E-state index in [1.807, 2.05) is 36.4 Å². The SMILES string of the molecule is O=C1NC(=O)C(=Cc2ccc3nccc(-c4ccc(C=C5SC(=O)NC5=O)s4)c3c2)S1. The standard InChI is InChI=1S/C21H11N3O4S3/c25-18-16(30-20(27)23-18)8-10-1-3-14-13(7-10)12(5-6-22-14)15-4-2-11(29-15)9-17-19(26)24-21(28)31-17/h1-9H,(H,23,25,27)(H,24,26,28). The molecule has 2 aliphatic heterocycles. The molecule has 152 valence electrons. The summed E-state index contributed by atoms with van der Waals surface area (Å²) < 4.78 is 0. The molecule has 2 saturated heterocycles. The highest BCUT2D eigenvalue weighted by Crippen LogP contribution is 2.36. The Bertz CT molecular complexity index is 1370. The Balaban J connectivity index is 1.53. The average molecular weight is 466 g/mol. The van der Waals surface area contributed by atoms with Gasteiger partial charge in [-0.3, -0.25) is 34.8 Å². The molecule has 2 aliphatic rings. The first-order valence-corrected chi connectivity index (χ1v) is 11.4. The lowest BCUT2D eigenvalue weighted by Gasteiger charge is -2.05. The molecule has 0 bridgehead atoms. The number of imide groups is 2. The molecule has 0 saturated carbocycles. The number of aromatic nitrogens is 1. The molecule has 10 heteroatoms. The second-order valence-corrected chi connectivity index (χ2v) is 9.69. The second-order valence-electron chi connectivity index (χ2n) is 6.54. The first-order valence-electron chi connectivity index (χ1n) is 8.95. The lowest BCUT2D eigenvalue weighted by Crippen LogP contribution is -2.17. The Kier molecular flexibility index (Phi) is 4.97. The number of thiophene rings is 1. The van der Waals surface area contributed by atoms with Crippen LogP contribution in [0.15, 0.2) is 52.4 Å². The monoisotopic (exact) mass is 465 g/mol. The van der Waals surface area contributed by atoms with Crippen molar-refractivity contribution in [3.05, 3.63) is 62.8 Å². The van der Waals surface area contributed by atoms with Crippen molar-refractivity contribution in [1.29, 1.82) is 0 Å². The number of carbonyl (C=O) groups is 4. The lowest BCUT2D eigenvalue weighted by atomic mass is 10.0. The molecule has 5 rings (SSSR count). The maximum atomic E-state index is 11.8. The fourth-order valence-corrected chi connectivity index (χ4v) is 5.59. The third-order valence-corrected chi connectivity index (χ3v) is 7.20. The van der Waals surface area contributed by atoms with Crippen LogP contribution in [0.4, 0.5) is 9.59 Å². The molecule has 2 aromatic heterocycles. The molecule has 1 aromatic carbocycles. The molecule has 31 heavy (non-hydrogen) atoms. The third-order valence-electron chi connectivity index (χ3n) is 4.51. The number of nitrogens with one attached hydrogen (secondary N) is 2. The summed E-state index contributed by atoms with van der Waals surface area (Å²) in [4.78, 5) is 53.3. The number of pyridine rings is 1.